The molecule has 0 aromatic heterocycles. The molecule has 0 heterocycles. The van der Waals surface area contributed by atoms with Gasteiger partial charge in [-0.1, -0.05) is 0 Å². The summed E-state index contributed by atoms with van der Waals surface area (Å²) in [5.74, 6) is -5.00. The Morgan fingerprint density at radius 1 is 0.882 bits per heavy atom. The Bertz CT molecular complexity index is 382. The van der Waals surface area contributed by atoms with Gasteiger partial charge in [0.05, 0.1) is 11.7 Å². The summed E-state index contributed by atoms with van der Waals surface area (Å²) in [6.07, 6.45) is -1.47. The predicted molar refractivity (Wildman–Crippen MR) is 49.5 cm³/mol. The molecule has 0 aliphatic carbocycles. The Hall–Kier alpha value is -1.48. The Morgan fingerprint density at radius 2 is 1.18 bits per heavy atom. The molecule has 1 aromatic rings. The third-order valence-corrected chi connectivity index (χ3v) is 1.96. The van der Waals surface area contributed by atoms with Crippen molar-refractivity contribution in [3.8, 4) is 28.7 Å². The SMILES string of the molecule is NC[C@@H](O)c1c(O)c(O)c(O)c(O)c1O.[O]=[V]. The Kier molecular flexibility index (Phi) is 5.76. The molecular weight excluding hydrogens is 273 g/mol. The van der Waals surface area contributed by atoms with Gasteiger partial charge in [-0.15, -0.1) is 0 Å². The molecule has 8 N–H and O–H groups in total. The third-order valence-electron chi connectivity index (χ3n) is 1.96. The van der Waals surface area contributed by atoms with Crippen molar-refractivity contribution in [2.24, 2.45) is 5.73 Å². The van der Waals surface area contributed by atoms with Crippen LogP contribution in [-0.2, 0) is 21.0 Å². The zero-order valence-electron chi connectivity index (χ0n) is 8.40. The zero-order chi connectivity index (χ0) is 13.7. The molecule has 17 heavy (non-hydrogen) atoms. The van der Waals surface area contributed by atoms with Gasteiger partial charge in [-0.05, 0) is 0 Å². The monoisotopic (exact) mass is 284 g/mol. The van der Waals surface area contributed by atoms with Crippen LogP contribution in [0.5, 0.6) is 28.7 Å². The first-order chi connectivity index (χ1) is 7.91. The quantitative estimate of drug-likeness (QED) is 0.271. The van der Waals surface area contributed by atoms with E-state index in [1.807, 2.05) is 0 Å². The van der Waals surface area contributed by atoms with Gasteiger partial charge in [0.25, 0.3) is 0 Å². The van der Waals surface area contributed by atoms with Gasteiger partial charge >= 0.3 is 21.0 Å². The van der Waals surface area contributed by atoms with Crippen LogP contribution in [-0.4, -0.2) is 37.2 Å². The molecule has 0 spiro atoms. The van der Waals surface area contributed by atoms with Crippen molar-refractivity contribution in [1.29, 1.82) is 0 Å². The van der Waals surface area contributed by atoms with Crippen molar-refractivity contribution < 1.29 is 51.7 Å². The van der Waals surface area contributed by atoms with Gasteiger partial charge < -0.3 is 36.4 Å². The number of phenolic OH excluding ortho intramolecular Hbond substituents is 5. The van der Waals surface area contributed by atoms with Crippen molar-refractivity contribution in [2.45, 2.75) is 6.10 Å². The molecule has 0 bridgehead atoms. The fourth-order valence-electron chi connectivity index (χ4n) is 1.14. The van der Waals surface area contributed by atoms with Crippen LogP contribution in [0.15, 0.2) is 0 Å². The summed E-state index contributed by atoms with van der Waals surface area (Å²) in [6.45, 7) is -0.342. The summed E-state index contributed by atoms with van der Waals surface area (Å²) in [6, 6.07) is 0. The number of aromatic hydroxyl groups is 5. The van der Waals surface area contributed by atoms with Crippen LogP contribution in [0.3, 0.4) is 0 Å². The van der Waals surface area contributed by atoms with E-state index in [1.54, 1.807) is 0 Å². The van der Waals surface area contributed by atoms with Crippen LogP contribution in [0.2, 0.25) is 0 Å². The molecule has 0 radical (unpaired) electrons. The summed E-state index contributed by atoms with van der Waals surface area (Å²) in [5.41, 5.74) is 4.55. The number of hydrogen-bond acceptors (Lipinski definition) is 8. The number of aliphatic hydroxyl groups excluding tert-OH is 1. The minimum absolute atomic E-state index is 0.342. The molecule has 9 heteroatoms. The van der Waals surface area contributed by atoms with Crippen molar-refractivity contribution in [2.75, 3.05) is 6.54 Å². The van der Waals surface area contributed by atoms with E-state index in [2.05, 4.69) is 0 Å². The van der Waals surface area contributed by atoms with Crippen molar-refractivity contribution in [3.05, 3.63) is 5.56 Å². The van der Waals surface area contributed by atoms with E-state index < -0.39 is 40.4 Å². The number of benzene rings is 1. The first-order valence-electron chi connectivity index (χ1n) is 4.16. The van der Waals surface area contributed by atoms with Crippen LogP contribution >= 0.6 is 0 Å². The minimum atomic E-state index is -1.47. The summed E-state index contributed by atoms with van der Waals surface area (Å²) in [7, 11) is 0. The Labute approximate surface area is 105 Å². The summed E-state index contributed by atoms with van der Waals surface area (Å²) >= 11 is 1.06. The normalized spacial score (nSPS) is 11.4. The summed E-state index contributed by atoms with van der Waals surface area (Å²) < 4.78 is 8.19. The average Bonchev–Trinajstić information content (AvgIpc) is 2.36. The number of phenols is 5. The van der Waals surface area contributed by atoms with Crippen LogP contribution in [0.4, 0.5) is 0 Å². The third kappa shape index (κ3) is 2.80. The van der Waals surface area contributed by atoms with Crippen LogP contribution in [0, 0.1) is 0 Å². The van der Waals surface area contributed by atoms with E-state index in [9.17, 15) is 15.3 Å². The van der Waals surface area contributed by atoms with Gasteiger partial charge in [0.1, 0.15) is 0 Å². The van der Waals surface area contributed by atoms with E-state index >= 15 is 0 Å². The number of aliphatic hydroxyl groups is 1. The predicted octanol–water partition coefficient (Wildman–Crippen LogP) is -0.915. The Balaban J connectivity index is 0.00000121. The number of nitrogens with two attached hydrogens (primary N) is 1. The molecule has 1 aromatic carbocycles. The molecule has 0 fully saturated rings. The van der Waals surface area contributed by atoms with Crippen LogP contribution in [0.25, 0.3) is 0 Å². The molecule has 1 atom stereocenters. The molecule has 0 unspecified atom stereocenters. The molecule has 0 saturated carbocycles. The van der Waals surface area contributed by atoms with Crippen molar-refractivity contribution in [3.63, 3.8) is 0 Å². The van der Waals surface area contributed by atoms with Crippen molar-refractivity contribution in [1.82, 2.24) is 0 Å². The molecule has 0 saturated heterocycles. The second-order valence-electron chi connectivity index (χ2n) is 2.91. The van der Waals surface area contributed by atoms with E-state index in [4.69, 9.17) is 24.7 Å². The van der Waals surface area contributed by atoms with E-state index in [0.29, 0.717) is 0 Å². The van der Waals surface area contributed by atoms with Gasteiger partial charge in [-0.2, -0.15) is 0 Å². The second-order valence-corrected chi connectivity index (χ2v) is 2.91. The first kappa shape index (κ1) is 15.5. The fourth-order valence-corrected chi connectivity index (χ4v) is 1.14. The molecule has 0 aliphatic rings. The van der Waals surface area contributed by atoms with E-state index in [-0.39, 0.29) is 6.54 Å². The maximum absolute atomic E-state index is 9.29. The van der Waals surface area contributed by atoms with E-state index in [1.165, 1.54) is 0 Å². The van der Waals surface area contributed by atoms with E-state index in [0.717, 1.165) is 17.4 Å². The standard InChI is InChI=1S/C8H11NO6.O.V/c9-1-2(10)3-4(11)6(13)8(15)7(14)5(3)12;;/h2,10-15H,1,9H2;;/t2-;;/m1../s1. The molecular formula is C8H11NO7V. The Morgan fingerprint density at radius 3 is 1.47 bits per heavy atom. The van der Waals surface area contributed by atoms with Gasteiger partial charge in [0.15, 0.2) is 11.5 Å². The fraction of sp³-hybridized carbons (Fsp3) is 0.250. The van der Waals surface area contributed by atoms with Crippen LogP contribution < -0.4 is 5.73 Å². The summed E-state index contributed by atoms with van der Waals surface area (Å²) in [4.78, 5) is 0. The first-order valence-corrected chi connectivity index (χ1v) is 4.73. The summed E-state index contributed by atoms with van der Waals surface area (Å²) in [5, 5.41) is 55.1. The van der Waals surface area contributed by atoms with Gasteiger partial charge in [-0.3, -0.25) is 0 Å². The molecule has 0 aliphatic heterocycles. The number of hydrogen-bond donors (Lipinski definition) is 7. The maximum atomic E-state index is 9.29. The molecule has 1 rings (SSSR count). The van der Waals surface area contributed by atoms with Crippen LogP contribution in [0.1, 0.15) is 11.7 Å². The molecule has 95 valence electrons. The number of rotatable bonds is 2. The molecule has 8 nitrogen and oxygen atoms in total. The zero-order valence-corrected chi connectivity index (χ0v) is 9.80. The van der Waals surface area contributed by atoms with Crippen molar-refractivity contribution >= 4 is 0 Å². The molecule has 0 amide bonds. The van der Waals surface area contributed by atoms with Gasteiger partial charge in [0.2, 0.25) is 17.2 Å². The van der Waals surface area contributed by atoms with Gasteiger partial charge in [-0.25, -0.2) is 0 Å². The van der Waals surface area contributed by atoms with Gasteiger partial charge in [0, 0.05) is 6.54 Å². The second kappa shape index (κ2) is 6.31. The topological polar surface area (TPSA) is 164 Å². The average molecular weight is 284 g/mol.